The Balaban J connectivity index is 1.84. The van der Waals surface area contributed by atoms with Gasteiger partial charge in [0.05, 0.1) is 6.04 Å². The van der Waals surface area contributed by atoms with Crippen molar-refractivity contribution in [2.24, 2.45) is 0 Å². The molecule has 0 saturated heterocycles. The van der Waals surface area contributed by atoms with Crippen LogP contribution in [0.2, 0.25) is 0 Å². The van der Waals surface area contributed by atoms with Crippen LogP contribution in [-0.4, -0.2) is 18.3 Å². The first-order valence-electron chi connectivity index (χ1n) is 7.24. The van der Waals surface area contributed by atoms with Crippen LogP contribution in [0.3, 0.4) is 0 Å². The quantitative estimate of drug-likeness (QED) is 0.832. The molecule has 2 rings (SSSR count). The number of hydrogen-bond acceptors (Lipinski definition) is 3. The fourth-order valence-electron chi connectivity index (χ4n) is 2.05. The van der Waals surface area contributed by atoms with E-state index in [1.165, 1.54) is 19.1 Å². The van der Waals surface area contributed by atoms with Gasteiger partial charge in [0.25, 0.3) is 5.91 Å². The molecule has 23 heavy (non-hydrogen) atoms. The minimum absolute atomic E-state index is 0.0255. The fraction of sp³-hybridized carbons (Fsp3) is 0.222. The van der Waals surface area contributed by atoms with E-state index in [4.69, 9.17) is 4.74 Å². The highest BCUT2D eigenvalue weighted by Crippen LogP contribution is 2.14. The van der Waals surface area contributed by atoms with Crippen LogP contribution in [0.5, 0.6) is 5.75 Å². The fourth-order valence-corrected chi connectivity index (χ4v) is 2.05. The van der Waals surface area contributed by atoms with Gasteiger partial charge in [0.15, 0.2) is 12.4 Å². The third kappa shape index (κ3) is 4.92. The van der Waals surface area contributed by atoms with E-state index in [-0.39, 0.29) is 30.2 Å². The number of halogens is 1. The number of carbonyl (C=O) groups is 2. The predicted molar refractivity (Wildman–Crippen MR) is 84.9 cm³/mol. The summed E-state index contributed by atoms with van der Waals surface area (Å²) in [7, 11) is 0. The van der Waals surface area contributed by atoms with Gasteiger partial charge in [0.2, 0.25) is 0 Å². The maximum absolute atomic E-state index is 12.9. The lowest BCUT2D eigenvalue weighted by Gasteiger charge is -2.14. The number of ketones is 1. The zero-order chi connectivity index (χ0) is 16.8. The van der Waals surface area contributed by atoms with Crippen LogP contribution in [0.1, 0.15) is 35.8 Å². The average molecular weight is 315 g/mol. The van der Waals surface area contributed by atoms with Gasteiger partial charge in [0.1, 0.15) is 11.6 Å². The highest BCUT2D eigenvalue weighted by molar-refractivity contribution is 5.94. The summed E-state index contributed by atoms with van der Waals surface area (Å²) in [4.78, 5) is 23.0. The predicted octanol–water partition coefficient (Wildman–Crippen LogP) is 3.28. The lowest BCUT2D eigenvalue weighted by molar-refractivity contribution is -0.123. The van der Waals surface area contributed by atoms with E-state index in [9.17, 15) is 14.0 Å². The lowest BCUT2D eigenvalue weighted by atomic mass is 10.1. The lowest BCUT2D eigenvalue weighted by Crippen LogP contribution is -2.31. The van der Waals surface area contributed by atoms with E-state index >= 15 is 0 Å². The molecule has 0 fully saturated rings. The molecule has 0 radical (unpaired) electrons. The van der Waals surface area contributed by atoms with Crippen LogP contribution >= 0.6 is 0 Å². The van der Waals surface area contributed by atoms with Gasteiger partial charge < -0.3 is 10.1 Å². The maximum atomic E-state index is 12.9. The third-order valence-electron chi connectivity index (χ3n) is 3.38. The summed E-state index contributed by atoms with van der Waals surface area (Å²) in [5.41, 5.74) is 1.40. The maximum Gasteiger partial charge on any atom is 0.258 e. The molecular weight excluding hydrogens is 297 g/mol. The Kier molecular flexibility index (Phi) is 5.46. The van der Waals surface area contributed by atoms with Crippen molar-refractivity contribution in [3.8, 4) is 5.75 Å². The van der Waals surface area contributed by atoms with Crippen LogP contribution in [0, 0.1) is 5.82 Å². The summed E-state index contributed by atoms with van der Waals surface area (Å²) >= 11 is 0. The van der Waals surface area contributed by atoms with E-state index in [1.54, 1.807) is 36.4 Å². The molecule has 1 amide bonds. The normalized spacial score (nSPS) is 11.6. The van der Waals surface area contributed by atoms with E-state index in [0.29, 0.717) is 11.3 Å². The molecule has 2 aromatic rings. The summed E-state index contributed by atoms with van der Waals surface area (Å²) in [6, 6.07) is 12.3. The van der Waals surface area contributed by atoms with Gasteiger partial charge in [-0.15, -0.1) is 0 Å². The second-order valence-corrected chi connectivity index (χ2v) is 5.21. The van der Waals surface area contributed by atoms with Crippen molar-refractivity contribution in [2.45, 2.75) is 19.9 Å². The number of nitrogens with one attached hydrogen (secondary N) is 1. The van der Waals surface area contributed by atoms with Crippen molar-refractivity contribution < 1.29 is 18.7 Å². The first-order valence-corrected chi connectivity index (χ1v) is 7.24. The van der Waals surface area contributed by atoms with Crippen LogP contribution in [0.4, 0.5) is 4.39 Å². The average Bonchev–Trinajstić information content (AvgIpc) is 2.54. The topological polar surface area (TPSA) is 55.4 Å². The molecular formula is C18H18FNO3. The summed E-state index contributed by atoms with van der Waals surface area (Å²) in [6.45, 7) is 3.16. The molecule has 0 aromatic heterocycles. The van der Waals surface area contributed by atoms with Gasteiger partial charge in [-0.25, -0.2) is 4.39 Å². The van der Waals surface area contributed by atoms with E-state index < -0.39 is 0 Å². The number of carbonyl (C=O) groups excluding carboxylic acids is 2. The number of rotatable bonds is 6. The van der Waals surface area contributed by atoms with Crippen LogP contribution in [0.25, 0.3) is 0 Å². The van der Waals surface area contributed by atoms with Gasteiger partial charge in [-0.05, 0) is 55.8 Å². The summed E-state index contributed by atoms with van der Waals surface area (Å²) in [5.74, 6) is -0.107. The summed E-state index contributed by atoms with van der Waals surface area (Å²) in [6.07, 6.45) is 0. The summed E-state index contributed by atoms with van der Waals surface area (Å²) < 4.78 is 18.2. The molecule has 0 bridgehead atoms. The van der Waals surface area contributed by atoms with Crippen molar-refractivity contribution >= 4 is 11.7 Å². The van der Waals surface area contributed by atoms with Gasteiger partial charge in [-0.3, -0.25) is 9.59 Å². The Morgan fingerprint density at radius 2 is 1.70 bits per heavy atom. The molecule has 0 saturated carbocycles. The molecule has 0 aliphatic heterocycles. The van der Waals surface area contributed by atoms with Gasteiger partial charge >= 0.3 is 0 Å². The van der Waals surface area contributed by atoms with Gasteiger partial charge in [0, 0.05) is 5.56 Å². The standard InChI is InChI=1S/C18H18FNO3/c1-12(14-3-7-16(19)8-4-14)20-18(22)11-23-17-9-5-15(6-10-17)13(2)21/h3-10,12H,11H2,1-2H3,(H,20,22). The molecule has 4 nitrogen and oxygen atoms in total. The van der Waals surface area contributed by atoms with Crippen LogP contribution < -0.4 is 10.1 Å². The molecule has 1 atom stereocenters. The molecule has 2 aromatic carbocycles. The zero-order valence-corrected chi connectivity index (χ0v) is 13.0. The Labute approximate surface area is 134 Å². The van der Waals surface area contributed by atoms with Crippen LogP contribution in [0.15, 0.2) is 48.5 Å². The molecule has 5 heteroatoms. The monoisotopic (exact) mass is 315 g/mol. The molecule has 1 unspecified atom stereocenters. The minimum Gasteiger partial charge on any atom is -0.484 e. The zero-order valence-electron chi connectivity index (χ0n) is 13.0. The van der Waals surface area contributed by atoms with Crippen molar-refractivity contribution in [3.05, 3.63) is 65.5 Å². The molecule has 0 aliphatic carbocycles. The number of amides is 1. The molecule has 0 aliphatic rings. The number of Topliss-reactive ketones (excluding diaryl/α,β-unsaturated/α-hetero) is 1. The van der Waals surface area contributed by atoms with E-state index in [1.807, 2.05) is 6.92 Å². The Morgan fingerprint density at radius 1 is 1.09 bits per heavy atom. The molecule has 1 N–H and O–H groups in total. The van der Waals surface area contributed by atoms with Crippen molar-refractivity contribution in [2.75, 3.05) is 6.61 Å². The van der Waals surface area contributed by atoms with Crippen molar-refractivity contribution in [1.29, 1.82) is 0 Å². The van der Waals surface area contributed by atoms with Crippen molar-refractivity contribution in [1.82, 2.24) is 5.32 Å². The van der Waals surface area contributed by atoms with Gasteiger partial charge in [-0.1, -0.05) is 12.1 Å². The largest absolute Gasteiger partial charge is 0.484 e. The van der Waals surface area contributed by atoms with E-state index in [2.05, 4.69) is 5.32 Å². The second kappa shape index (κ2) is 7.54. The smallest absolute Gasteiger partial charge is 0.258 e. The minimum atomic E-state index is -0.315. The first kappa shape index (κ1) is 16.7. The Bertz CT molecular complexity index is 680. The number of benzene rings is 2. The molecule has 0 heterocycles. The first-order chi connectivity index (χ1) is 11.0. The molecule has 0 spiro atoms. The summed E-state index contributed by atoms with van der Waals surface area (Å²) in [5, 5.41) is 2.77. The van der Waals surface area contributed by atoms with Crippen molar-refractivity contribution in [3.63, 3.8) is 0 Å². The third-order valence-corrected chi connectivity index (χ3v) is 3.38. The highest BCUT2D eigenvalue weighted by atomic mass is 19.1. The highest BCUT2D eigenvalue weighted by Gasteiger charge is 2.10. The van der Waals surface area contributed by atoms with Crippen LogP contribution in [-0.2, 0) is 4.79 Å². The SMILES string of the molecule is CC(=O)c1ccc(OCC(=O)NC(C)c2ccc(F)cc2)cc1. The van der Waals surface area contributed by atoms with E-state index in [0.717, 1.165) is 5.56 Å². The Morgan fingerprint density at radius 3 is 2.26 bits per heavy atom. The second-order valence-electron chi connectivity index (χ2n) is 5.21. The Hall–Kier alpha value is -2.69. The number of ether oxygens (including phenoxy) is 1. The number of hydrogen-bond donors (Lipinski definition) is 1. The molecule has 120 valence electrons. The van der Waals surface area contributed by atoms with Gasteiger partial charge in [-0.2, -0.15) is 0 Å².